The summed E-state index contributed by atoms with van der Waals surface area (Å²) in [4.78, 5) is 58.1. The molecule has 1 N–H and O–H groups in total. The average molecular weight is 453 g/mol. The second-order valence-electron chi connectivity index (χ2n) is 7.98. The number of unbranched alkanes of at least 4 members (excludes halogenated alkanes) is 1. The van der Waals surface area contributed by atoms with Crippen LogP contribution in [0.15, 0.2) is 33.9 Å². The Kier molecular flexibility index (Phi) is 6.43. The summed E-state index contributed by atoms with van der Waals surface area (Å²) in [5, 5.41) is 0. The van der Waals surface area contributed by atoms with E-state index < -0.39 is 17.2 Å². The Morgan fingerprint density at radius 1 is 1.18 bits per heavy atom. The highest BCUT2D eigenvalue weighted by Crippen LogP contribution is 2.23. The lowest BCUT2D eigenvalue weighted by Crippen LogP contribution is -2.31. The molecule has 0 spiro atoms. The Labute approximate surface area is 189 Å². The number of hydrogen-bond acceptors (Lipinski definition) is 6. The summed E-state index contributed by atoms with van der Waals surface area (Å²) in [5.74, 6) is -0.139. The smallest absolute Gasteiger partial charge is 0.338 e. The van der Waals surface area contributed by atoms with Crippen LogP contribution in [0.25, 0.3) is 11.2 Å². The van der Waals surface area contributed by atoms with Gasteiger partial charge in [-0.1, -0.05) is 19.4 Å². The van der Waals surface area contributed by atoms with Crippen molar-refractivity contribution >= 4 is 28.7 Å². The number of anilines is 1. The molecule has 1 aliphatic heterocycles. The number of benzene rings is 1. The molecule has 0 unspecified atom stereocenters. The van der Waals surface area contributed by atoms with E-state index in [0.29, 0.717) is 48.8 Å². The van der Waals surface area contributed by atoms with Gasteiger partial charge in [-0.05, 0) is 38.0 Å². The summed E-state index contributed by atoms with van der Waals surface area (Å²) < 4.78 is 8.60. The van der Waals surface area contributed by atoms with Crippen molar-refractivity contribution in [3.63, 3.8) is 0 Å². The maximum absolute atomic E-state index is 12.7. The van der Waals surface area contributed by atoms with E-state index in [1.165, 1.54) is 4.57 Å². The van der Waals surface area contributed by atoms with E-state index in [-0.39, 0.29) is 18.0 Å². The number of amides is 1. The number of ether oxygens (including phenoxy) is 1. The number of hydrogen-bond donors (Lipinski definition) is 1. The van der Waals surface area contributed by atoms with E-state index >= 15 is 0 Å². The molecule has 33 heavy (non-hydrogen) atoms. The molecule has 10 heteroatoms. The molecule has 1 aromatic carbocycles. The Bertz CT molecular complexity index is 1320. The molecule has 0 radical (unpaired) electrons. The molecule has 10 nitrogen and oxygen atoms in total. The molecule has 3 aromatic rings. The fraction of sp³-hybridized carbons (Fsp3) is 0.435. The van der Waals surface area contributed by atoms with Gasteiger partial charge in [-0.15, -0.1) is 0 Å². The van der Waals surface area contributed by atoms with E-state index in [2.05, 4.69) is 9.97 Å². The number of imidazole rings is 1. The third-order valence-corrected chi connectivity index (χ3v) is 5.82. The molecule has 0 aliphatic carbocycles. The van der Waals surface area contributed by atoms with Crippen LogP contribution in [0.2, 0.25) is 0 Å². The standard InChI is InChI=1S/C23H27N5O5/c1-3-5-11-28-20-19(21(30)25-23(28)32)26(4-2)17(24-20)14-33-22(31)15-8-6-9-16(13-15)27-12-7-10-18(27)29/h6,8-9,13H,3-5,7,10-12,14H2,1-2H3,(H,25,30,32). The number of aromatic nitrogens is 4. The van der Waals surface area contributed by atoms with Gasteiger partial charge < -0.3 is 14.2 Å². The number of carbonyl (C=O) groups excluding carboxylic acids is 2. The highest BCUT2D eigenvalue weighted by molar-refractivity contribution is 5.97. The quantitative estimate of drug-likeness (QED) is 0.522. The number of aromatic amines is 1. The first-order valence-electron chi connectivity index (χ1n) is 11.2. The third-order valence-electron chi connectivity index (χ3n) is 5.82. The zero-order valence-corrected chi connectivity index (χ0v) is 18.8. The van der Waals surface area contributed by atoms with Crippen molar-refractivity contribution in [1.29, 1.82) is 0 Å². The van der Waals surface area contributed by atoms with Crippen LogP contribution in [-0.4, -0.2) is 37.5 Å². The largest absolute Gasteiger partial charge is 0.454 e. The maximum atomic E-state index is 12.7. The van der Waals surface area contributed by atoms with Crippen LogP contribution in [0.3, 0.4) is 0 Å². The molecule has 2 aromatic heterocycles. The lowest BCUT2D eigenvalue weighted by atomic mass is 10.2. The van der Waals surface area contributed by atoms with Gasteiger partial charge >= 0.3 is 11.7 Å². The molecule has 1 aliphatic rings. The highest BCUT2D eigenvalue weighted by Gasteiger charge is 2.23. The van der Waals surface area contributed by atoms with Crippen molar-refractivity contribution in [2.75, 3.05) is 11.4 Å². The van der Waals surface area contributed by atoms with Crippen LogP contribution in [0.1, 0.15) is 55.7 Å². The molecule has 0 bridgehead atoms. The summed E-state index contributed by atoms with van der Waals surface area (Å²) in [6.45, 7) is 5.19. The predicted octanol–water partition coefficient (Wildman–Crippen LogP) is 2.19. The summed E-state index contributed by atoms with van der Waals surface area (Å²) in [6.07, 6.45) is 2.95. The summed E-state index contributed by atoms with van der Waals surface area (Å²) in [5.41, 5.74) is 0.549. The minimum atomic E-state index is -0.560. The molecule has 4 rings (SSSR count). The van der Waals surface area contributed by atoms with Crippen LogP contribution in [-0.2, 0) is 29.2 Å². The van der Waals surface area contributed by atoms with Crippen molar-refractivity contribution in [3.05, 3.63) is 56.5 Å². The minimum Gasteiger partial charge on any atom is -0.454 e. The number of esters is 1. The van der Waals surface area contributed by atoms with E-state index in [4.69, 9.17) is 4.74 Å². The van der Waals surface area contributed by atoms with Crippen LogP contribution in [0.4, 0.5) is 5.69 Å². The average Bonchev–Trinajstić information content (AvgIpc) is 3.40. The van der Waals surface area contributed by atoms with Gasteiger partial charge in [0.2, 0.25) is 5.91 Å². The second-order valence-corrected chi connectivity index (χ2v) is 7.98. The molecule has 1 fully saturated rings. The monoisotopic (exact) mass is 453 g/mol. The molecular formula is C23H27N5O5. The number of H-pyrrole nitrogens is 1. The third kappa shape index (κ3) is 4.33. The van der Waals surface area contributed by atoms with Gasteiger partial charge in [0.1, 0.15) is 12.4 Å². The number of aryl methyl sites for hydroxylation is 2. The van der Waals surface area contributed by atoms with E-state index in [0.717, 1.165) is 19.3 Å². The van der Waals surface area contributed by atoms with Gasteiger partial charge in [0.05, 0.1) is 5.56 Å². The lowest BCUT2D eigenvalue weighted by Gasteiger charge is -2.16. The first-order chi connectivity index (χ1) is 15.9. The molecular weight excluding hydrogens is 426 g/mol. The SMILES string of the molecule is CCCCn1c(=O)[nH]c(=O)c2c1nc(COC(=O)c1cccc(N3CCCC3=O)c1)n2CC. The van der Waals surface area contributed by atoms with E-state index in [9.17, 15) is 19.2 Å². The second kappa shape index (κ2) is 9.43. The van der Waals surface area contributed by atoms with Crippen molar-refractivity contribution < 1.29 is 14.3 Å². The van der Waals surface area contributed by atoms with Gasteiger partial charge in [-0.3, -0.25) is 19.1 Å². The minimum absolute atomic E-state index is 0.0384. The van der Waals surface area contributed by atoms with Crippen LogP contribution < -0.4 is 16.1 Å². The highest BCUT2D eigenvalue weighted by atomic mass is 16.5. The van der Waals surface area contributed by atoms with Gasteiger partial charge in [0.25, 0.3) is 5.56 Å². The van der Waals surface area contributed by atoms with Gasteiger partial charge in [0.15, 0.2) is 11.2 Å². The summed E-state index contributed by atoms with van der Waals surface area (Å²) in [7, 11) is 0. The van der Waals surface area contributed by atoms with Crippen LogP contribution in [0.5, 0.6) is 0 Å². The number of nitrogens with zero attached hydrogens (tertiary/aromatic N) is 4. The number of fused-ring (bicyclic) bond motifs is 1. The molecule has 1 amide bonds. The van der Waals surface area contributed by atoms with Crippen molar-refractivity contribution in [1.82, 2.24) is 19.1 Å². The Balaban J connectivity index is 1.60. The molecule has 174 valence electrons. The summed E-state index contributed by atoms with van der Waals surface area (Å²) in [6, 6.07) is 6.77. The number of nitrogens with one attached hydrogen (secondary N) is 1. The van der Waals surface area contributed by atoms with E-state index in [1.807, 2.05) is 13.8 Å². The van der Waals surface area contributed by atoms with Gasteiger partial charge in [0, 0.05) is 31.7 Å². The lowest BCUT2D eigenvalue weighted by molar-refractivity contribution is -0.117. The van der Waals surface area contributed by atoms with E-state index in [1.54, 1.807) is 33.7 Å². The maximum Gasteiger partial charge on any atom is 0.338 e. The van der Waals surface area contributed by atoms with Crippen molar-refractivity contribution in [2.24, 2.45) is 0 Å². The normalized spacial score (nSPS) is 13.8. The number of carbonyl (C=O) groups is 2. The Morgan fingerprint density at radius 2 is 2.00 bits per heavy atom. The number of rotatable bonds is 8. The van der Waals surface area contributed by atoms with Crippen LogP contribution in [0, 0.1) is 0 Å². The Hall–Kier alpha value is -3.69. The summed E-state index contributed by atoms with van der Waals surface area (Å²) >= 11 is 0. The molecule has 3 heterocycles. The topological polar surface area (TPSA) is 119 Å². The first kappa shape index (κ1) is 22.5. The molecule has 0 atom stereocenters. The van der Waals surface area contributed by atoms with Crippen molar-refractivity contribution in [2.45, 2.75) is 59.2 Å². The van der Waals surface area contributed by atoms with Crippen molar-refractivity contribution in [3.8, 4) is 0 Å². The fourth-order valence-electron chi connectivity index (χ4n) is 4.13. The van der Waals surface area contributed by atoms with Gasteiger partial charge in [-0.25, -0.2) is 14.6 Å². The fourth-order valence-corrected chi connectivity index (χ4v) is 4.13. The predicted molar refractivity (Wildman–Crippen MR) is 122 cm³/mol. The van der Waals surface area contributed by atoms with Crippen LogP contribution >= 0.6 is 0 Å². The zero-order valence-electron chi connectivity index (χ0n) is 18.8. The first-order valence-corrected chi connectivity index (χ1v) is 11.2. The molecule has 1 saturated heterocycles. The molecule has 0 saturated carbocycles. The van der Waals surface area contributed by atoms with Gasteiger partial charge in [-0.2, -0.15) is 0 Å². The Morgan fingerprint density at radius 3 is 2.70 bits per heavy atom. The zero-order chi connectivity index (χ0) is 23.5.